The van der Waals surface area contributed by atoms with E-state index in [9.17, 15) is 4.79 Å². The smallest absolute Gasteiger partial charge is 0.220 e. The summed E-state index contributed by atoms with van der Waals surface area (Å²) in [6.07, 6.45) is 1.07. The summed E-state index contributed by atoms with van der Waals surface area (Å²) < 4.78 is 0. The van der Waals surface area contributed by atoms with Crippen LogP contribution >= 0.6 is 0 Å². The van der Waals surface area contributed by atoms with Crippen molar-refractivity contribution in [2.45, 2.75) is 39.0 Å². The van der Waals surface area contributed by atoms with Crippen LogP contribution in [-0.4, -0.2) is 24.2 Å². The van der Waals surface area contributed by atoms with Crippen molar-refractivity contribution in [1.82, 2.24) is 5.32 Å². The van der Waals surface area contributed by atoms with Gasteiger partial charge in [-0.2, -0.15) is 0 Å². The number of carbonyl (C=O) groups excluding carboxylic acids is 1. The Balaban J connectivity index is 2.58. The highest BCUT2D eigenvalue weighted by Crippen LogP contribution is 2.27. The minimum absolute atomic E-state index is 0.0361. The zero-order valence-corrected chi connectivity index (χ0v) is 11.5. The number of amides is 1. The van der Waals surface area contributed by atoms with E-state index in [4.69, 9.17) is 5.11 Å². The van der Waals surface area contributed by atoms with Gasteiger partial charge in [0.05, 0.1) is 0 Å². The zero-order valence-electron chi connectivity index (χ0n) is 11.5. The van der Waals surface area contributed by atoms with Gasteiger partial charge in [-0.1, -0.05) is 43.7 Å². The molecule has 0 bridgehead atoms. The van der Waals surface area contributed by atoms with E-state index in [0.29, 0.717) is 19.4 Å². The number of nitrogens with one attached hydrogen (secondary N) is 1. The fourth-order valence-corrected chi connectivity index (χ4v) is 1.88. The van der Waals surface area contributed by atoms with Crippen LogP contribution in [0.4, 0.5) is 0 Å². The van der Waals surface area contributed by atoms with Crippen molar-refractivity contribution in [1.29, 1.82) is 0 Å². The first-order valence-electron chi connectivity index (χ1n) is 6.40. The summed E-state index contributed by atoms with van der Waals surface area (Å²) in [5.74, 6) is 0.0361. The molecule has 0 unspecified atom stereocenters. The number of aliphatic hydroxyl groups excluding tert-OH is 1. The van der Waals surface area contributed by atoms with Gasteiger partial charge in [0, 0.05) is 19.6 Å². The number of rotatable bonds is 6. The molecule has 18 heavy (non-hydrogen) atoms. The lowest BCUT2D eigenvalue weighted by Gasteiger charge is -2.24. The van der Waals surface area contributed by atoms with Crippen molar-refractivity contribution in [3.8, 4) is 0 Å². The van der Waals surface area contributed by atoms with E-state index in [2.05, 4.69) is 50.4 Å². The lowest BCUT2D eigenvalue weighted by atomic mass is 9.81. The van der Waals surface area contributed by atoms with Crippen LogP contribution < -0.4 is 5.32 Å². The molecule has 0 saturated carbocycles. The standard InChI is InChI=1S/C15H23NO2/c1-12-5-7-13(8-6-12)15(2,3)11-14(18)16-9-4-10-17/h5-8,17H,4,9-11H2,1-3H3,(H,16,18). The number of benzene rings is 1. The molecular formula is C15H23NO2. The van der Waals surface area contributed by atoms with Crippen LogP contribution in [0.15, 0.2) is 24.3 Å². The van der Waals surface area contributed by atoms with E-state index in [1.165, 1.54) is 11.1 Å². The van der Waals surface area contributed by atoms with Crippen LogP contribution in [0.2, 0.25) is 0 Å². The van der Waals surface area contributed by atoms with E-state index in [0.717, 1.165) is 0 Å². The van der Waals surface area contributed by atoms with Crippen LogP contribution in [0.25, 0.3) is 0 Å². The molecule has 0 saturated heterocycles. The van der Waals surface area contributed by atoms with Gasteiger partial charge in [0.2, 0.25) is 5.91 Å². The van der Waals surface area contributed by atoms with Gasteiger partial charge in [0.15, 0.2) is 0 Å². The maximum atomic E-state index is 11.8. The SMILES string of the molecule is Cc1ccc(C(C)(C)CC(=O)NCCCO)cc1. The Morgan fingerprint density at radius 3 is 2.44 bits per heavy atom. The Morgan fingerprint density at radius 1 is 1.28 bits per heavy atom. The molecule has 1 rings (SSSR count). The van der Waals surface area contributed by atoms with E-state index >= 15 is 0 Å². The van der Waals surface area contributed by atoms with Crippen LogP contribution in [0.1, 0.15) is 37.8 Å². The molecule has 0 radical (unpaired) electrons. The molecule has 1 aromatic carbocycles. The number of hydrogen-bond donors (Lipinski definition) is 2. The monoisotopic (exact) mass is 249 g/mol. The molecule has 0 heterocycles. The third-order valence-corrected chi connectivity index (χ3v) is 3.09. The van der Waals surface area contributed by atoms with Gasteiger partial charge in [-0.15, -0.1) is 0 Å². The molecule has 1 aromatic rings. The molecule has 0 spiro atoms. The van der Waals surface area contributed by atoms with Crippen molar-refractivity contribution in [3.63, 3.8) is 0 Å². The Kier molecular flexibility index (Phi) is 5.35. The van der Waals surface area contributed by atoms with Gasteiger partial charge in [-0.05, 0) is 24.3 Å². The van der Waals surface area contributed by atoms with Gasteiger partial charge in [-0.25, -0.2) is 0 Å². The van der Waals surface area contributed by atoms with Gasteiger partial charge < -0.3 is 10.4 Å². The Morgan fingerprint density at radius 2 is 1.89 bits per heavy atom. The minimum atomic E-state index is -0.170. The van der Waals surface area contributed by atoms with Crippen molar-refractivity contribution in [2.24, 2.45) is 0 Å². The summed E-state index contributed by atoms with van der Waals surface area (Å²) in [5.41, 5.74) is 2.23. The Hall–Kier alpha value is -1.35. The van der Waals surface area contributed by atoms with E-state index < -0.39 is 0 Å². The molecule has 0 aromatic heterocycles. The van der Waals surface area contributed by atoms with Crippen molar-refractivity contribution >= 4 is 5.91 Å². The lowest BCUT2D eigenvalue weighted by molar-refractivity contribution is -0.122. The molecule has 3 nitrogen and oxygen atoms in total. The van der Waals surface area contributed by atoms with Gasteiger partial charge in [0.25, 0.3) is 0 Å². The van der Waals surface area contributed by atoms with E-state index in [1.54, 1.807) is 0 Å². The quantitative estimate of drug-likeness (QED) is 0.759. The maximum absolute atomic E-state index is 11.8. The summed E-state index contributed by atoms with van der Waals surface area (Å²) in [4.78, 5) is 11.8. The normalized spacial score (nSPS) is 11.3. The molecule has 3 heteroatoms. The highest BCUT2D eigenvalue weighted by atomic mass is 16.3. The predicted molar refractivity (Wildman–Crippen MR) is 73.5 cm³/mol. The van der Waals surface area contributed by atoms with Crippen LogP contribution in [-0.2, 0) is 10.2 Å². The molecule has 0 fully saturated rings. The molecule has 0 aliphatic heterocycles. The summed E-state index contributed by atoms with van der Waals surface area (Å²) >= 11 is 0. The number of aryl methyl sites for hydroxylation is 1. The number of aliphatic hydroxyl groups is 1. The second-order valence-electron chi connectivity index (χ2n) is 5.35. The summed E-state index contributed by atoms with van der Waals surface area (Å²) in [5, 5.41) is 11.5. The van der Waals surface area contributed by atoms with Crippen molar-refractivity contribution < 1.29 is 9.90 Å². The Bertz CT molecular complexity index is 382. The third kappa shape index (κ3) is 4.49. The average Bonchev–Trinajstić information content (AvgIpc) is 2.29. The predicted octanol–water partition coefficient (Wildman–Crippen LogP) is 2.16. The van der Waals surface area contributed by atoms with Crippen molar-refractivity contribution in [2.75, 3.05) is 13.2 Å². The highest BCUT2D eigenvalue weighted by Gasteiger charge is 2.23. The summed E-state index contributed by atoms with van der Waals surface area (Å²) in [7, 11) is 0. The van der Waals surface area contributed by atoms with E-state index in [-0.39, 0.29) is 17.9 Å². The first-order valence-corrected chi connectivity index (χ1v) is 6.40. The van der Waals surface area contributed by atoms with Gasteiger partial charge in [-0.3, -0.25) is 4.79 Å². The third-order valence-electron chi connectivity index (χ3n) is 3.09. The largest absolute Gasteiger partial charge is 0.396 e. The molecule has 100 valence electrons. The van der Waals surface area contributed by atoms with Gasteiger partial charge in [0.1, 0.15) is 0 Å². The minimum Gasteiger partial charge on any atom is -0.396 e. The topological polar surface area (TPSA) is 49.3 Å². The van der Waals surface area contributed by atoms with E-state index in [1.807, 2.05) is 0 Å². The van der Waals surface area contributed by atoms with Crippen LogP contribution in [0.3, 0.4) is 0 Å². The maximum Gasteiger partial charge on any atom is 0.220 e. The molecule has 0 atom stereocenters. The molecule has 1 amide bonds. The number of hydrogen-bond acceptors (Lipinski definition) is 2. The fourth-order valence-electron chi connectivity index (χ4n) is 1.88. The summed E-state index contributed by atoms with van der Waals surface area (Å²) in [6.45, 7) is 6.85. The first-order chi connectivity index (χ1) is 8.45. The second kappa shape index (κ2) is 6.55. The van der Waals surface area contributed by atoms with Gasteiger partial charge >= 0.3 is 0 Å². The molecular weight excluding hydrogens is 226 g/mol. The lowest BCUT2D eigenvalue weighted by Crippen LogP contribution is -2.31. The van der Waals surface area contributed by atoms with Crippen LogP contribution in [0.5, 0.6) is 0 Å². The number of carbonyl (C=O) groups is 1. The van der Waals surface area contributed by atoms with Crippen LogP contribution in [0, 0.1) is 6.92 Å². The fraction of sp³-hybridized carbons (Fsp3) is 0.533. The molecule has 0 aliphatic carbocycles. The average molecular weight is 249 g/mol. The Labute approximate surface area is 109 Å². The second-order valence-corrected chi connectivity index (χ2v) is 5.35. The molecule has 2 N–H and O–H groups in total. The summed E-state index contributed by atoms with van der Waals surface area (Å²) in [6, 6.07) is 8.30. The zero-order chi connectivity index (χ0) is 13.6. The highest BCUT2D eigenvalue weighted by molar-refractivity contribution is 5.77. The first kappa shape index (κ1) is 14.7. The van der Waals surface area contributed by atoms with Crippen molar-refractivity contribution in [3.05, 3.63) is 35.4 Å². The molecule has 0 aliphatic rings.